The fourth-order valence-corrected chi connectivity index (χ4v) is 2.95. The van der Waals surface area contributed by atoms with Gasteiger partial charge in [-0.2, -0.15) is 11.8 Å². The van der Waals surface area contributed by atoms with Gasteiger partial charge >= 0.3 is 5.97 Å². The molecule has 0 saturated carbocycles. The summed E-state index contributed by atoms with van der Waals surface area (Å²) >= 11 is 1.79. The molecule has 0 aromatic rings. The molecule has 1 rings (SSSR count). The Kier molecular flexibility index (Phi) is 4.89. The highest BCUT2D eigenvalue weighted by Crippen LogP contribution is 2.22. The number of hydrogen-bond acceptors (Lipinski definition) is 4. The van der Waals surface area contributed by atoms with Crippen molar-refractivity contribution in [1.82, 2.24) is 4.90 Å². The third-order valence-electron chi connectivity index (χ3n) is 2.90. The lowest BCUT2D eigenvalue weighted by molar-refractivity contribution is -0.138. The van der Waals surface area contributed by atoms with Gasteiger partial charge in [0.2, 0.25) is 0 Å². The summed E-state index contributed by atoms with van der Waals surface area (Å²) in [5.41, 5.74) is 0. The first-order valence-electron chi connectivity index (χ1n) is 5.25. The number of nitrogens with zero attached hydrogens (tertiary/aromatic N) is 1. The smallest absolute Gasteiger partial charge is 0.304 e. The van der Waals surface area contributed by atoms with Crippen molar-refractivity contribution in [2.45, 2.75) is 38.5 Å². The van der Waals surface area contributed by atoms with Crippen LogP contribution < -0.4 is 0 Å². The molecule has 1 saturated heterocycles. The lowest BCUT2D eigenvalue weighted by atomic mass is 10.1. The van der Waals surface area contributed by atoms with Crippen LogP contribution in [0.3, 0.4) is 0 Å². The summed E-state index contributed by atoms with van der Waals surface area (Å²) in [4.78, 5) is 12.8. The maximum absolute atomic E-state index is 10.7. The monoisotopic (exact) mass is 233 g/mol. The molecule has 0 radical (unpaired) electrons. The Hall–Kier alpha value is -0.260. The predicted octanol–water partition coefficient (Wildman–Crippen LogP) is 0.648. The zero-order valence-corrected chi connectivity index (χ0v) is 10.0. The highest BCUT2D eigenvalue weighted by Gasteiger charge is 2.30. The molecule has 4 nitrogen and oxygen atoms in total. The molecule has 3 atom stereocenters. The van der Waals surface area contributed by atoms with Crippen molar-refractivity contribution in [3.8, 4) is 0 Å². The molecule has 3 unspecified atom stereocenters. The standard InChI is InChI=1S/C10H19NO3S/c1-7(8(2)12)11-3-4-15-6-9(11)5-10(13)14/h7-9,12H,3-6H2,1-2H3,(H,13,14). The van der Waals surface area contributed by atoms with E-state index in [1.165, 1.54) is 0 Å². The van der Waals surface area contributed by atoms with E-state index in [-0.39, 0.29) is 18.5 Å². The molecule has 0 amide bonds. The maximum Gasteiger partial charge on any atom is 0.304 e. The third-order valence-corrected chi connectivity index (χ3v) is 4.00. The normalized spacial score (nSPS) is 27.3. The Labute approximate surface area is 94.7 Å². The van der Waals surface area contributed by atoms with Crippen molar-refractivity contribution >= 4 is 17.7 Å². The van der Waals surface area contributed by atoms with Crippen molar-refractivity contribution in [1.29, 1.82) is 0 Å². The van der Waals surface area contributed by atoms with Crippen LogP contribution in [0, 0.1) is 0 Å². The molecule has 5 heteroatoms. The van der Waals surface area contributed by atoms with E-state index < -0.39 is 12.1 Å². The number of aliphatic hydroxyl groups is 1. The molecular formula is C10H19NO3S. The average molecular weight is 233 g/mol. The number of carbonyl (C=O) groups is 1. The zero-order chi connectivity index (χ0) is 11.4. The second kappa shape index (κ2) is 5.72. The van der Waals surface area contributed by atoms with E-state index in [0.717, 1.165) is 18.1 Å². The summed E-state index contributed by atoms with van der Waals surface area (Å²) in [5, 5.41) is 18.3. The average Bonchev–Trinajstić information content (AvgIpc) is 2.16. The Bertz CT molecular complexity index is 223. The maximum atomic E-state index is 10.7. The molecule has 1 heterocycles. The van der Waals surface area contributed by atoms with E-state index in [0.29, 0.717) is 0 Å². The summed E-state index contributed by atoms with van der Waals surface area (Å²) in [5.74, 6) is 1.11. The van der Waals surface area contributed by atoms with Gasteiger partial charge in [-0.25, -0.2) is 0 Å². The summed E-state index contributed by atoms with van der Waals surface area (Å²) in [7, 11) is 0. The van der Waals surface area contributed by atoms with Gasteiger partial charge in [0, 0.05) is 30.1 Å². The fourth-order valence-electron chi connectivity index (χ4n) is 1.86. The van der Waals surface area contributed by atoms with Crippen molar-refractivity contribution in [2.75, 3.05) is 18.1 Å². The fraction of sp³-hybridized carbons (Fsp3) is 0.900. The Morgan fingerprint density at radius 3 is 2.80 bits per heavy atom. The summed E-state index contributed by atoms with van der Waals surface area (Å²) < 4.78 is 0. The van der Waals surface area contributed by atoms with Crippen molar-refractivity contribution in [3.63, 3.8) is 0 Å². The van der Waals surface area contributed by atoms with Crippen molar-refractivity contribution in [3.05, 3.63) is 0 Å². The van der Waals surface area contributed by atoms with Crippen LogP contribution in [0.1, 0.15) is 20.3 Å². The van der Waals surface area contributed by atoms with E-state index >= 15 is 0 Å². The molecule has 0 spiro atoms. The van der Waals surface area contributed by atoms with Crippen LogP contribution in [0.4, 0.5) is 0 Å². The van der Waals surface area contributed by atoms with Crippen LogP contribution in [0.2, 0.25) is 0 Å². The first-order valence-corrected chi connectivity index (χ1v) is 6.41. The van der Waals surface area contributed by atoms with E-state index in [1.54, 1.807) is 18.7 Å². The molecule has 0 aromatic heterocycles. The third kappa shape index (κ3) is 3.66. The number of carboxylic acid groups (broad SMARTS) is 1. The van der Waals surface area contributed by atoms with E-state index in [1.807, 2.05) is 6.92 Å². The largest absolute Gasteiger partial charge is 0.481 e. The summed E-state index contributed by atoms with van der Waals surface area (Å²) in [6.45, 7) is 4.58. The molecule has 1 aliphatic heterocycles. The van der Waals surface area contributed by atoms with Gasteiger partial charge < -0.3 is 10.2 Å². The molecule has 0 aromatic carbocycles. The van der Waals surface area contributed by atoms with Gasteiger partial charge in [0.25, 0.3) is 0 Å². The lowest BCUT2D eigenvalue weighted by Gasteiger charge is -2.40. The van der Waals surface area contributed by atoms with Crippen molar-refractivity contribution < 1.29 is 15.0 Å². The lowest BCUT2D eigenvalue weighted by Crippen LogP contribution is -2.51. The number of thioether (sulfide) groups is 1. The molecule has 1 fully saturated rings. The quantitative estimate of drug-likeness (QED) is 0.746. The summed E-state index contributed by atoms with van der Waals surface area (Å²) in [6.07, 6.45) is -0.242. The van der Waals surface area contributed by atoms with Crippen LogP contribution in [0.15, 0.2) is 0 Å². The van der Waals surface area contributed by atoms with Gasteiger partial charge in [-0.1, -0.05) is 0 Å². The number of hydrogen-bond donors (Lipinski definition) is 2. The Morgan fingerprint density at radius 2 is 2.27 bits per heavy atom. The van der Waals surface area contributed by atoms with Gasteiger partial charge in [0.1, 0.15) is 0 Å². The van der Waals surface area contributed by atoms with Crippen LogP contribution in [-0.2, 0) is 4.79 Å². The zero-order valence-electron chi connectivity index (χ0n) is 9.22. The van der Waals surface area contributed by atoms with Gasteiger partial charge in [0.05, 0.1) is 12.5 Å². The minimum absolute atomic E-state index is 0.0373. The Morgan fingerprint density at radius 1 is 1.60 bits per heavy atom. The van der Waals surface area contributed by atoms with Crippen LogP contribution in [-0.4, -0.2) is 57.3 Å². The molecule has 2 N–H and O–H groups in total. The van der Waals surface area contributed by atoms with E-state index in [9.17, 15) is 9.90 Å². The van der Waals surface area contributed by atoms with Crippen molar-refractivity contribution in [2.24, 2.45) is 0 Å². The second-order valence-electron chi connectivity index (χ2n) is 4.05. The van der Waals surface area contributed by atoms with Crippen LogP contribution in [0.25, 0.3) is 0 Å². The SMILES string of the molecule is CC(O)C(C)N1CCSCC1CC(=O)O. The molecule has 0 bridgehead atoms. The Balaban J connectivity index is 2.60. The molecule has 1 aliphatic rings. The van der Waals surface area contributed by atoms with Crippen LogP contribution >= 0.6 is 11.8 Å². The number of aliphatic hydroxyl groups excluding tert-OH is 1. The van der Waals surface area contributed by atoms with E-state index in [4.69, 9.17) is 5.11 Å². The summed E-state index contributed by atoms with van der Waals surface area (Å²) in [6, 6.07) is 0.0982. The van der Waals surface area contributed by atoms with Gasteiger partial charge in [-0.15, -0.1) is 0 Å². The predicted molar refractivity (Wildman–Crippen MR) is 61.2 cm³/mol. The number of rotatable bonds is 4. The molecule has 88 valence electrons. The van der Waals surface area contributed by atoms with E-state index in [2.05, 4.69) is 4.90 Å². The van der Waals surface area contributed by atoms with Gasteiger partial charge in [0.15, 0.2) is 0 Å². The minimum atomic E-state index is -0.759. The number of aliphatic carboxylic acids is 1. The van der Waals surface area contributed by atoms with Gasteiger partial charge in [-0.05, 0) is 13.8 Å². The minimum Gasteiger partial charge on any atom is -0.481 e. The molecule has 15 heavy (non-hydrogen) atoms. The van der Waals surface area contributed by atoms with Crippen LogP contribution in [0.5, 0.6) is 0 Å². The number of carboxylic acids is 1. The highest BCUT2D eigenvalue weighted by atomic mass is 32.2. The highest BCUT2D eigenvalue weighted by molar-refractivity contribution is 7.99. The second-order valence-corrected chi connectivity index (χ2v) is 5.20. The first-order chi connectivity index (χ1) is 7.02. The topological polar surface area (TPSA) is 60.8 Å². The first kappa shape index (κ1) is 12.8. The van der Waals surface area contributed by atoms with Gasteiger partial charge in [-0.3, -0.25) is 9.69 Å². The molecule has 0 aliphatic carbocycles. The molecular weight excluding hydrogens is 214 g/mol.